The van der Waals surface area contributed by atoms with Crippen LogP contribution in [0.2, 0.25) is 0 Å². The van der Waals surface area contributed by atoms with Gasteiger partial charge in [-0.25, -0.2) is 8.42 Å². The van der Waals surface area contributed by atoms with Crippen molar-refractivity contribution in [2.45, 2.75) is 19.9 Å². The van der Waals surface area contributed by atoms with Crippen LogP contribution in [0.1, 0.15) is 27.0 Å². The molecule has 0 aliphatic carbocycles. The predicted octanol–water partition coefficient (Wildman–Crippen LogP) is 3.45. The molecule has 178 valence electrons. The normalized spacial score (nSPS) is 13.9. The van der Waals surface area contributed by atoms with Crippen LogP contribution >= 0.6 is 0 Å². The van der Waals surface area contributed by atoms with E-state index in [4.69, 9.17) is 5.11 Å². The summed E-state index contributed by atoms with van der Waals surface area (Å²) >= 11 is 0. The quantitative estimate of drug-likeness (QED) is 0.482. The highest BCUT2D eigenvalue weighted by atomic mass is 32.2. The summed E-state index contributed by atoms with van der Waals surface area (Å²) < 4.78 is 25.4. The van der Waals surface area contributed by atoms with Gasteiger partial charge in [0.1, 0.15) is 0 Å². The first-order valence-electron chi connectivity index (χ1n) is 11.2. The Kier molecular flexibility index (Phi) is 7.02. The van der Waals surface area contributed by atoms with Gasteiger partial charge in [0.15, 0.2) is 0 Å². The highest BCUT2D eigenvalue weighted by Crippen LogP contribution is 2.32. The summed E-state index contributed by atoms with van der Waals surface area (Å²) in [5.41, 5.74) is 7.79. The fourth-order valence-electron chi connectivity index (χ4n) is 4.22. The largest absolute Gasteiger partial charge is 0.395 e. The van der Waals surface area contributed by atoms with Gasteiger partial charge < -0.3 is 15.7 Å². The molecule has 0 atom stereocenters. The second-order valence-corrected chi connectivity index (χ2v) is 10.5. The van der Waals surface area contributed by atoms with Crippen LogP contribution in [0.3, 0.4) is 0 Å². The first kappa shape index (κ1) is 23.9. The Morgan fingerprint density at radius 3 is 2.56 bits per heavy atom. The third-order valence-corrected chi connectivity index (χ3v) is 7.32. The zero-order valence-electron chi connectivity index (χ0n) is 19.3. The topological polar surface area (TPSA) is 98.7 Å². The lowest BCUT2D eigenvalue weighted by atomic mass is 9.97. The molecule has 34 heavy (non-hydrogen) atoms. The number of sulfonamides is 1. The summed E-state index contributed by atoms with van der Waals surface area (Å²) in [6, 6.07) is 19.5. The average molecular weight is 480 g/mol. The van der Waals surface area contributed by atoms with E-state index in [2.05, 4.69) is 22.8 Å². The summed E-state index contributed by atoms with van der Waals surface area (Å²) in [5, 5.41) is 15.1. The molecule has 4 rings (SSSR count). The fraction of sp³-hybridized carbons (Fsp3) is 0.269. The van der Waals surface area contributed by atoms with E-state index in [-0.39, 0.29) is 19.1 Å². The van der Waals surface area contributed by atoms with Gasteiger partial charge in [-0.3, -0.25) is 4.79 Å². The van der Waals surface area contributed by atoms with E-state index < -0.39 is 10.0 Å². The maximum atomic E-state index is 12.1. The molecule has 1 aliphatic heterocycles. The molecule has 3 aromatic carbocycles. The minimum Gasteiger partial charge on any atom is -0.395 e. The number of carbonyl (C=O) groups is 1. The first-order valence-corrected chi connectivity index (χ1v) is 13.0. The Balaban J connectivity index is 1.57. The van der Waals surface area contributed by atoms with Crippen LogP contribution in [0.15, 0.2) is 60.7 Å². The molecular formula is C26H29N3O4S. The summed E-state index contributed by atoms with van der Waals surface area (Å²) in [7, 11) is -3.22. The SMILES string of the molecule is Cc1ccc(Nc2cccc3c2CCN(S(C)(=O)=O)C3)cc1-c1ccc(C(=O)NCCO)cc1. The Labute approximate surface area is 200 Å². The van der Waals surface area contributed by atoms with Gasteiger partial charge >= 0.3 is 0 Å². The van der Waals surface area contributed by atoms with Gasteiger partial charge in [-0.2, -0.15) is 4.31 Å². The average Bonchev–Trinajstić information content (AvgIpc) is 2.83. The van der Waals surface area contributed by atoms with Crippen LogP contribution in [0.25, 0.3) is 11.1 Å². The molecular weight excluding hydrogens is 450 g/mol. The molecule has 0 saturated carbocycles. The molecule has 8 heteroatoms. The van der Waals surface area contributed by atoms with Crippen molar-refractivity contribution in [1.29, 1.82) is 0 Å². The van der Waals surface area contributed by atoms with E-state index in [1.165, 1.54) is 10.6 Å². The Bertz CT molecular complexity index is 1300. The van der Waals surface area contributed by atoms with Crippen molar-refractivity contribution in [1.82, 2.24) is 9.62 Å². The van der Waals surface area contributed by atoms with E-state index >= 15 is 0 Å². The van der Waals surface area contributed by atoms with Gasteiger partial charge in [0.05, 0.1) is 12.9 Å². The number of rotatable bonds is 7. The molecule has 7 nitrogen and oxygen atoms in total. The number of hydrogen-bond acceptors (Lipinski definition) is 5. The monoisotopic (exact) mass is 479 g/mol. The Hall–Kier alpha value is -3.20. The second-order valence-electron chi connectivity index (χ2n) is 8.50. The highest BCUT2D eigenvalue weighted by Gasteiger charge is 2.24. The molecule has 0 aromatic heterocycles. The lowest BCUT2D eigenvalue weighted by Gasteiger charge is -2.28. The second kappa shape index (κ2) is 9.97. The third kappa shape index (κ3) is 5.30. The zero-order chi connectivity index (χ0) is 24.3. The van der Waals surface area contributed by atoms with E-state index in [9.17, 15) is 13.2 Å². The van der Waals surface area contributed by atoms with Gasteiger partial charge in [-0.15, -0.1) is 0 Å². The van der Waals surface area contributed by atoms with Crippen molar-refractivity contribution in [2.75, 3.05) is 31.3 Å². The number of benzene rings is 3. The van der Waals surface area contributed by atoms with Crippen molar-refractivity contribution in [2.24, 2.45) is 0 Å². The summed E-state index contributed by atoms with van der Waals surface area (Å²) in [6.45, 7) is 3.04. The van der Waals surface area contributed by atoms with Crippen molar-refractivity contribution in [3.05, 3.63) is 82.9 Å². The molecule has 3 aromatic rings. The number of nitrogens with one attached hydrogen (secondary N) is 2. The molecule has 0 spiro atoms. The zero-order valence-corrected chi connectivity index (χ0v) is 20.2. The van der Waals surface area contributed by atoms with Crippen molar-refractivity contribution in [3.63, 3.8) is 0 Å². The number of anilines is 2. The van der Waals surface area contributed by atoms with Gasteiger partial charge in [0, 0.05) is 36.6 Å². The minimum atomic E-state index is -3.22. The number of aryl methyl sites for hydroxylation is 1. The number of nitrogens with zero attached hydrogens (tertiary/aromatic N) is 1. The molecule has 0 saturated heterocycles. The van der Waals surface area contributed by atoms with Gasteiger partial charge in [-0.1, -0.05) is 30.3 Å². The maximum absolute atomic E-state index is 12.1. The van der Waals surface area contributed by atoms with E-state index in [1.807, 2.05) is 43.3 Å². The lowest BCUT2D eigenvalue weighted by molar-refractivity contribution is 0.0945. The Morgan fingerprint density at radius 2 is 1.85 bits per heavy atom. The van der Waals surface area contributed by atoms with Crippen LogP contribution in [0.4, 0.5) is 11.4 Å². The number of hydrogen-bond donors (Lipinski definition) is 3. The first-order chi connectivity index (χ1) is 16.3. The molecule has 0 radical (unpaired) electrons. The highest BCUT2D eigenvalue weighted by molar-refractivity contribution is 7.88. The molecule has 1 amide bonds. The van der Waals surface area contributed by atoms with Crippen molar-refractivity contribution >= 4 is 27.3 Å². The van der Waals surface area contributed by atoms with Gasteiger partial charge in [0.2, 0.25) is 10.0 Å². The van der Waals surface area contributed by atoms with Gasteiger partial charge in [-0.05, 0) is 71.5 Å². The van der Waals surface area contributed by atoms with Crippen LogP contribution in [0.5, 0.6) is 0 Å². The van der Waals surface area contributed by atoms with E-state index in [1.54, 1.807) is 12.1 Å². The minimum absolute atomic E-state index is 0.0939. The number of aliphatic hydroxyl groups is 1. The van der Waals surface area contributed by atoms with Crippen LogP contribution in [0, 0.1) is 6.92 Å². The number of fused-ring (bicyclic) bond motifs is 1. The summed E-state index contributed by atoms with van der Waals surface area (Å²) in [6.07, 6.45) is 1.91. The fourth-order valence-corrected chi connectivity index (χ4v) is 5.02. The summed E-state index contributed by atoms with van der Waals surface area (Å²) in [4.78, 5) is 12.1. The number of carbonyl (C=O) groups excluding carboxylic acids is 1. The smallest absolute Gasteiger partial charge is 0.251 e. The van der Waals surface area contributed by atoms with Crippen molar-refractivity contribution < 1.29 is 18.3 Å². The number of aliphatic hydroxyl groups excluding tert-OH is 1. The van der Waals surface area contributed by atoms with E-state index in [0.29, 0.717) is 25.1 Å². The molecule has 0 unspecified atom stereocenters. The molecule has 0 bridgehead atoms. The number of amides is 1. The Morgan fingerprint density at radius 1 is 1.09 bits per heavy atom. The van der Waals surface area contributed by atoms with Crippen molar-refractivity contribution in [3.8, 4) is 11.1 Å². The molecule has 1 heterocycles. The molecule has 3 N–H and O–H groups in total. The standard InChI is InChI=1S/C26H29N3O4S/c1-18-6-11-22(16-24(18)19-7-9-20(10-8-19)26(31)27-13-15-30)28-25-5-3-4-21-17-29(34(2,32)33)14-12-23(21)25/h3-11,16,28,30H,12-15,17H2,1-2H3,(H,27,31). The van der Waals surface area contributed by atoms with Crippen LogP contribution < -0.4 is 10.6 Å². The summed E-state index contributed by atoms with van der Waals surface area (Å²) in [5.74, 6) is -0.212. The van der Waals surface area contributed by atoms with Crippen LogP contribution in [-0.2, 0) is 23.0 Å². The maximum Gasteiger partial charge on any atom is 0.251 e. The van der Waals surface area contributed by atoms with Gasteiger partial charge in [0.25, 0.3) is 5.91 Å². The van der Waals surface area contributed by atoms with E-state index in [0.717, 1.165) is 39.2 Å². The molecule has 1 aliphatic rings. The predicted molar refractivity (Wildman–Crippen MR) is 135 cm³/mol. The van der Waals surface area contributed by atoms with Crippen LogP contribution in [-0.4, -0.2) is 49.7 Å². The lowest BCUT2D eigenvalue weighted by Crippen LogP contribution is -2.35. The molecule has 0 fully saturated rings. The third-order valence-electron chi connectivity index (χ3n) is 6.07.